The van der Waals surface area contributed by atoms with Crippen LogP contribution in [0.15, 0.2) is 47.3 Å². The highest BCUT2D eigenvalue weighted by atomic mass is 79.9. The van der Waals surface area contributed by atoms with Crippen LogP contribution in [-0.4, -0.2) is 19.5 Å². The van der Waals surface area contributed by atoms with E-state index < -0.39 is 23.6 Å². The van der Waals surface area contributed by atoms with Crippen LogP contribution in [0.1, 0.15) is 17.1 Å². The Bertz CT molecular complexity index is 930. The van der Waals surface area contributed by atoms with Crippen molar-refractivity contribution in [2.45, 2.75) is 18.9 Å². The normalized spacial score (nSPS) is 12.4. The molecule has 1 aromatic carbocycles. The first-order valence-corrected chi connectivity index (χ1v) is 8.12. The minimum atomic E-state index is -4.70. The zero-order chi connectivity index (χ0) is 19.8. The van der Waals surface area contributed by atoms with Crippen LogP contribution >= 0.6 is 15.9 Å². The molecule has 0 bridgehead atoms. The molecule has 0 spiro atoms. The molecular formula is C16H9BrF6N4. The van der Waals surface area contributed by atoms with Crippen molar-refractivity contribution in [3.63, 3.8) is 0 Å². The first-order chi connectivity index (χ1) is 12.5. The second kappa shape index (κ2) is 6.95. The van der Waals surface area contributed by atoms with E-state index in [1.54, 1.807) is 0 Å². The molecular weight excluding hydrogens is 442 g/mol. The van der Waals surface area contributed by atoms with Gasteiger partial charge in [-0.25, -0.2) is 15.0 Å². The van der Waals surface area contributed by atoms with E-state index in [4.69, 9.17) is 0 Å². The molecule has 0 saturated heterocycles. The second-order valence-electron chi connectivity index (χ2n) is 5.47. The molecule has 142 valence electrons. The quantitative estimate of drug-likeness (QED) is 0.515. The summed E-state index contributed by atoms with van der Waals surface area (Å²) in [5, 5.41) is 0. The maximum atomic E-state index is 13.0. The molecule has 3 aromatic rings. The van der Waals surface area contributed by atoms with Gasteiger partial charge in [-0.2, -0.15) is 26.3 Å². The van der Waals surface area contributed by atoms with Crippen molar-refractivity contribution in [1.29, 1.82) is 0 Å². The third-order valence-electron chi connectivity index (χ3n) is 3.52. The minimum absolute atomic E-state index is 0.107. The molecule has 2 heterocycles. The van der Waals surface area contributed by atoms with Gasteiger partial charge in [0.05, 0.1) is 16.6 Å². The van der Waals surface area contributed by atoms with Crippen molar-refractivity contribution in [3.05, 3.63) is 64.4 Å². The highest BCUT2D eigenvalue weighted by Crippen LogP contribution is 2.33. The molecule has 0 radical (unpaired) electrons. The lowest BCUT2D eigenvalue weighted by molar-refractivity contribution is -0.141. The number of imidazole rings is 1. The van der Waals surface area contributed by atoms with Crippen LogP contribution in [0.3, 0.4) is 0 Å². The van der Waals surface area contributed by atoms with Crippen LogP contribution in [0, 0.1) is 0 Å². The standard InChI is InChI=1S/C16H9BrF6N4/c17-11-5-24-13(25-6-11)8-27-7-12(16(21,22)23)26-14(27)9-1-3-10(4-2-9)15(18,19)20/h1-7H,8H2. The molecule has 0 amide bonds. The van der Waals surface area contributed by atoms with E-state index >= 15 is 0 Å². The number of nitrogens with zero attached hydrogens (tertiary/aromatic N) is 4. The largest absolute Gasteiger partial charge is 0.434 e. The van der Waals surface area contributed by atoms with Crippen LogP contribution in [-0.2, 0) is 18.9 Å². The summed E-state index contributed by atoms with van der Waals surface area (Å²) >= 11 is 3.15. The third kappa shape index (κ3) is 4.46. The van der Waals surface area contributed by atoms with Crippen molar-refractivity contribution in [3.8, 4) is 11.4 Å². The van der Waals surface area contributed by atoms with Crippen molar-refractivity contribution in [2.24, 2.45) is 0 Å². The number of aromatic nitrogens is 4. The number of hydrogen-bond donors (Lipinski definition) is 0. The maximum Gasteiger partial charge on any atom is 0.434 e. The summed E-state index contributed by atoms with van der Waals surface area (Å²) in [7, 11) is 0. The SMILES string of the molecule is FC(F)(F)c1ccc(-c2nc(C(F)(F)F)cn2Cc2ncc(Br)cn2)cc1. The Labute approximate surface area is 157 Å². The second-order valence-corrected chi connectivity index (χ2v) is 6.38. The first-order valence-electron chi connectivity index (χ1n) is 7.32. The topological polar surface area (TPSA) is 43.6 Å². The smallest absolute Gasteiger partial charge is 0.323 e. The van der Waals surface area contributed by atoms with E-state index in [1.807, 2.05) is 0 Å². The van der Waals surface area contributed by atoms with Gasteiger partial charge in [0, 0.05) is 24.2 Å². The number of halogens is 7. The fourth-order valence-electron chi connectivity index (χ4n) is 2.28. The minimum Gasteiger partial charge on any atom is -0.323 e. The Morgan fingerprint density at radius 3 is 2.00 bits per heavy atom. The van der Waals surface area contributed by atoms with Crippen LogP contribution in [0.4, 0.5) is 26.3 Å². The van der Waals surface area contributed by atoms with Gasteiger partial charge in [0.2, 0.25) is 0 Å². The summed E-state index contributed by atoms with van der Waals surface area (Å²) in [6.45, 7) is -0.132. The number of benzene rings is 1. The molecule has 0 unspecified atom stereocenters. The summed E-state index contributed by atoms with van der Waals surface area (Å²) in [6.07, 6.45) is -5.61. The molecule has 3 rings (SSSR count). The van der Waals surface area contributed by atoms with Crippen molar-refractivity contribution in [1.82, 2.24) is 19.5 Å². The number of hydrogen-bond acceptors (Lipinski definition) is 3. The lowest BCUT2D eigenvalue weighted by Gasteiger charge is -2.09. The molecule has 27 heavy (non-hydrogen) atoms. The fourth-order valence-corrected chi connectivity index (χ4v) is 2.49. The molecule has 0 aliphatic rings. The van der Waals surface area contributed by atoms with Crippen LogP contribution in [0.25, 0.3) is 11.4 Å². The van der Waals surface area contributed by atoms with Gasteiger partial charge in [0.15, 0.2) is 5.69 Å². The van der Waals surface area contributed by atoms with Crippen molar-refractivity contribution >= 4 is 15.9 Å². The van der Waals surface area contributed by atoms with Gasteiger partial charge in [-0.1, -0.05) is 12.1 Å². The van der Waals surface area contributed by atoms with Crippen LogP contribution < -0.4 is 0 Å². The molecule has 0 saturated carbocycles. The zero-order valence-electron chi connectivity index (χ0n) is 13.2. The molecule has 11 heteroatoms. The van der Waals surface area contributed by atoms with E-state index in [1.165, 1.54) is 12.4 Å². The van der Waals surface area contributed by atoms with Gasteiger partial charge in [0.1, 0.15) is 11.6 Å². The van der Waals surface area contributed by atoms with Crippen molar-refractivity contribution < 1.29 is 26.3 Å². The highest BCUT2D eigenvalue weighted by Gasteiger charge is 2.35. The lowest BCUT2D eigenvalue weighted by atomic mass is 10.1. The Kier molecular flexibility index (Phi) is 4.98. The maximum absolute atomic E-state index is 13.0. The monoisotopic (exact) mass is 450 g/mol. The Morgan fingerprint density at radius 2 is 1.48 bits per heavy atom. The summed E-state index contributed by atoms with van der Waals surface area (Å²) in [4.78, 5) is 11.5. The summed E-state index contributed by atoms with van der Waals surface area (Å²) < 4.78 is 79.0. The van der Waals surface area contributed by atoms with Gasteiger partial charge < -0.3 is 4.57 Å². The van der Waals surface area contributed by atoms with E-state index in [9.17, 15) is 26.3 Å². The van der Waals surface area contributed by atoms with Gasteiger partial charge >= 0.3 is 12.4 Å². The molecule has 0 fully saturated rings. The predicted octanol–water partition coefficient (Wildman–Crippen LogP) is 5.19. The summed E-state index contributed by atoms with van der Waals surface area (Å²) in [6, 6.07) is 3.73. The summed E-state index contributed by atoms with van der Waals surface area (Å²) in [5.74, 6) is 0.0834. The summed E-state index contributed by atoms with van der Waals surface area (Å²) in [5.41, 5.74) is -1.96. The molecule has 0 aliphatic heterocycles. The number of alkyl halides is 6. The molecule has 0 N–H and O–H groups in total. The highest BCUT2D eigenvalue weighted by molar-refractivity contribution is 9.10. The first kappa shape index (κ1) is 19.3. The molecule has 0 aliphatic carbocycles. The van der Waals surface area contributed by atoms with E-state index in [0.717, 1.165) is 35.0 Å². The average Bonchev–Trinajstić information content (AvgIpc) is 3.00. The Balaban J connectivity index is 2.02. The Morgan fingerprint density at radius 1 is 0.889 bits per heavy atom. The van der Waals surface area contributed by atoms with E-state index in [2.05, 4.69) is 30.9 Å². The van der Waals surface area contributed by atoms with E-state index in [-0.39, 0.29) is 23.8 Å². The van der Waals surface area contributed by atoms with Gasteiger partial charge in [-0.05, 0) is 28.1 Å². The van der Waals surface area contributed by atoms with Crippen molar-refractivity contribution in [2.75, 3.05) is 0 Å². The van der Waals surface area contributed by atoms with E-state index in [0.29, 0.717) is 4.47 Å². The Hall–Kier alpha value is -2.43. The fraction of sp³-hybridized carbons (Fsp3) is 0.188. The average molecular weight is 451 g/mol. The van der Waals surface area contributed by atoms with Gasteiger partial charge in [-0.15, -0.1) is 0 Å². The lowest BCUT2D eigenvalue weighted by Crippen LogP contribution is -2.06. The van der Waals surface area contributed by atoms with Crippen LogP contribution in [0.2, 0.25) is 0 Å². The zero-order valence-corrected chi connectivity index (χ0v) is 14.8. The molecule has 2 aromatic heterocycles. The third-order valence-corrected chi connectivity index (χ3v) is 3.93. The molecule has 0 atom stereocenters. The molecule has 4 nitrogen and oxygen atoms in total. The van der Waals surface area contributed by atoms with Gasteiger partial charge in [0.25, 0.3) is 0 Å². The van der Waals surface area contributed by atoms with Crippen LogP contribution in [0.5, 0.6) is 0 Å². The number of rotatable bonds is 3. The van der Waals surface area contributed by atoms with Gasteiger partial charge in [-0.3, -0.25) is 0 Å². The predicted molar refractivity (Wildman–Crippen MR) is 86.5 cm³/mol.